The molecule has 4 rings (SSSR count). The Morgan fingerprint density at radius 1 is 1.16 bits per heavy atom. The Bertz CT molecular complexity index is 1330. The van der Waals surface area contributed by atoms with Gasteiger partial charge in [-0.1, -0.05) is 23.9 Å². The Morgan fingerprint density at radius 2 is 1.91 bits per heavy atom. The number of carbonyl (C=O) groups is 1. The second kappa shape index (κ2) is 9.15. The van der Waals surface area contributed by atoms with E-state index in [2.05, 4.69) is 20.5 Å². The Kier molecular flexibility index (Phi) is 6.13. The van der Waals surface area contributed by atoms with E-state index in [4.69, 9.17) is 14.9 Å². The number of fused-ring (bicyclic) bond motifs is 1. The van der Waals surface area contributed by atoms with Crippen molar-refractivity contribution in [3.05, 3.63) is 59.7 Å². The topological polar surface area (TPSA) is 118 Å². The third kappa shape index (κ3) is 4.17. The highest BCUT2D eigenvalue weighted by atomic mass is 32.2. The molecule has 4 aromatic rings. The van der Waals surface area contributed by atoms with Gasteiger partial charge in [0.2, 0.25) is 5.91 Å². The van der Waals surface area contributed by atoms with Crippen molar-refractivity contribution in [3.63, 3.8) is 0 Å². The highest BCUT2D eigenvalue weighted by molar-refractivity contribution is 7.99. The van der Waals surface area contributed by atoms with Crippen molar-refractivity contribution in [3.8, 4) is 17.2 Å². The normalized spacial score (nSPS) is 10.8. The number of hydrogen-bond donors (Lipinski definition) is 3. The van der Waals surface area contributed by atoms with Crippen molar-refractivity contribution in [1.82, 2.24) is 19.7 Å². The van der Waals surface area contributed by atoms with Gasteiger partial charge in [0, 0.05) is 5.69 Å². The molecule has 0 aliphatic carbocycles. The first-order valence-electron chi connectivity index (χ1n) is 9.74. The monoisotopic (exact) mass is 450 g/mol. The smallest absolute Gasteiger partial charge is 0.234 e. The molecule has 0 unspecified atom stereocenters. The first kappa shape index (κ1) is 21.4. The number of carbonyl (C=O) groups excluding carboxylic acids is 1. The molecule has 2 heterocycles. The maximum Gasteiger partial charge on any atom is 0.234 e. The number of aryl methyl sites for hydroxylation is 1. The average molecular weight is 451 g/mol. The number of nitrogens with one attached hydrogen (secondary N) is 3. The molecule has 0 aliphatic rings. The lowest BCUT2D eigenvalue weighted by atomic mass is 10.2. The highest BCUT2D eigenvalue weighted by Crippen LogP contribution is 2.25. The summed E-state index contributed by atoms with van der Waals surface area (Å²) in [5, 5.41) is 19.8. The van der Waals surface area contributed by atoms with Crippen molar-refractivity contribution >= 4 is 34.4 Å². The van der Waals surface area contributed by atoms with Gasteiger partial charge in [0.25, 0.3) is 0 Å². The second-order valence-corrected chi connectivity index (χ2v) is 7.79. The zero-order valence-electron chi connectivity index (χ0n) is 17.8. The fraction of sp³-hybridized carbons (Fsp3) is 0.182. The minimum atomic E-state index is -0.213. The van der Waals surface area contributed by atoms with Crippen LogP contribution in [0, 0.1) is 12.3 Å². The summed E-state index contributed by atoms with van der Waals surface area (Å²) in [6.07, 6.45) is 0. The van der Waals surface area contributed by atoms with Crippen LogP contribution in [0.2, 0.25) is 0 Å². The third-order valence-electron chi connectivity index (χ3n) is 4.83. The van der Waals surface area contributed by atoms with Crippen LogP contribution in [0.15, 0.2) is 53.7 Å². The van der Waals surface area contributed by atoms with Gasteiger partial charge in [0.15, 0.2) is 10.8 Å². The third-order valence-corrected chi connectivity index (χ3v) is 5.77. The van der Waals surface area contributed by atoms with E-state index in [-0.39, 0.29) is 17.1 Å². The van der Waals surface area contributed by atoms with Gasteiger partial charge in [-0.3, -0.25) is 19.9 Å². The molecule has 2 aromatic carbocycles. The first-order valence-corrected chi connectivity index (χ1v) is 10.7. The molecular weight excluding hydrogens is 428 g/mol. The highest BCUT2D eigenvalue weighted by Gasteiger charge is 2.17. The number of amides is 1. The van der Waals surface area contributed by atoms with E-state index < -0.39 is 0 Å². The minimum absolute atomic E-state index is 0.0965. The van der Waals surface area contributed by atoms with E-state index in [0.29, 0.717) is 39.1 Å². The van der Waals surface area contributed by atoms with Gasteiger partial charge in [0.1, 0.15) is 17.0 Å². The zero-order chi connectivity index (χ0) is 22.7. The molecule has 0 fully saturated rings. The SMILES string of the molecule is COc1ccc(-n2c(SCC(=O)Nc3ccccc3OC)nc3[nH]nc(C)c3c2=N)cc1. The van der Waals surface area contributed by atoms with Crippen LogP contribution >= 0.6 is 11.8 Å². The lowest BCUT2D eigenvalue weighted by molar-refractivity contribution is -0.113. The first-order chi connectivity index (χ1) is 15.5. The average Bonchev–Trinajstić information content (AvgIpc) is 3.19. The van der Waals surface area contributed by atoms with Crippen molar-refractivity contribution in [1.29, 1.82) is 5.41 Å². The van der Waals surface area contributed by atoms with Crippen LogP contribution in [0.5, 0.6) is 11.5 Å². The van der Waals surface area contributed by atoms with Crippen LogP contribution in [0.4, 0.5) is 5.69 Å². The molecule has 2 aromatic heterocycles. The fourth-order valence-corrected chi connectivity index (χ4v) is 4.08. The molecule has 0 saturated heterocycles. The molecule has 32 heavy (non-hydrogen) atoms. The van der Waals surface area contributed by atoms with Crippen LogP contribution < -0.4 is 20.3 Å². The number of para-hydroxylation sites is 2. The van der Waals surface area contributed by atoms with E-state index in [9.17, 15) is 4.79 Å². The van der Waals surface area contributed by atoms with Gasteiger partial charge in [-0.15, -0.1) is 0 Å². The van der Waals surface area contributed by atoms with Crippen LogP contribution in [0.3, 0.4) is 0 Å². The van der Waals surface area contributed by atoms with Crippen molar-refractivity contribution in [2.45, 2.75) is 12.1 Å². The fourth-order valence-electron chi connectivity index (χ4n) is 3.27. The number of hydrogen-bond acceptors (Lipinski definition) is 7. The van der Waals surface area contributed by atoms with Crippen LogP contribution in [-0.2, 0) is 4.79 Å². The predicted octanol–water partition coefficient (Wildman–Crippen LogP) is 3.28. The van der Waals surface area contributed by atoms with Gasteiger partial charge in [-0.25, -0.2) is 4.98 Å². The van der Waals surface area contributed by atoms with Crippen LogP contribution in [0.1, 0.15) is 5.69 Å². The number of rotatable bonds is 7. The standard InChI is InChI=1S/C22H22N6O3S/c1-13-19-20(23)28(14-8-10-15(30-2)11-9-14)22(25-21(19)27-26-13)32-12-18(29)24-16-6-4-5-7-17(16)31-3/h4-11,23H,12H2,1-3H3,(H,24,29)(H,26,27). The molecular formula is C22H22N6O3S. The van der Waals surface area contributed by atoms with Crippen molar-refractivity contribution < 1.29 is 14.3 Å². The van der Waals surface area contributed by atoms with Gasteiger partial charge in [-0.05, 0) is 43.3 Å². The number of aromatic amines is 1. The predicted molar refractivity (Wildman–Crippen MR) is 123 cm³/mol. The van der Waals surface area contributed by atoms with E-state index in [1.807, 2.05) is 43.3 Å². The van der Waals surface area contributed by atoms with Crippen molar-refractivity contribution in [2.24, 2.45) is 0 Å². The summed E-state index contributed by atoms with van der Waals surface area (Å²) in [4.78, 5) is 17.3. The summed E-state index contributed by atoms with van der Waals surface area (Å²) in [6, 6.07) is 14.5. The molecule has 0 atom stereocenters. The molecule has 164 valence electrons. The zero-order valence-corrected chi connectivity index (χ0v) is 18.6. The van der Waals surface area contributed by atoms with Crippen molar-refractivity contribution in [2.75, 3.05) is 25.3 Å². The van der Waals surface area contributed by atoms with Gasteiger partial charge in [-0.2, -0.15) is 5.10 Å². The molecule has 0 aliphatic heterocycles. The lowest BCUT2D eigenvalue weighted by Crippen LogP contribution is -2.23. The lowest BCUT2D eigenvalue weighted by Gasteiger charge is -2.14. The summed E-state index contributed by atoms with van der Waals surface area (Å²) in [6.45, 7) is 1.82. The summed E-state index contributed by atoms with van der Waals surface area (Å²) in [5.41, 5.74) is 2.75. The second-order valence-electron chi connectivity index (χ2n) is 6.85. The maximum atomic E-state index is 12.6. The number of anilines is 1. The molecule has 1 amide bonds. The summed E-state index contributed by atoms with van der Waals surface area (Å²) >= 11 is 1.23. The Morgan fingerprint density at radius 3 is 2.62 bits per heavy atom. The van der Waals surface area contributed by atoms with E-state index in [0.717, 1.165) is 5.69 Å². The molecule has 0 bridgehead atoms. The number of benzene rings is 2. The van der Waals surface area contributed by atoms with Gasteiger partial charge >= 0.3 is 0 Å². The van der Waals surface area contributed by atoms with Crippen LogP contribution in [-0.4, -0.2) is 45.6 Å². The molecule has 0 radical (unpaired) electrons. The maximum absolute atomic E-state index is 12.6. The van der Waals surface area contributed by atoms with Gasteiger partial charge in [0.05, 0.1) is 36.7 Å². The summed E-state index contributed by atoms with van der Waals surface area (Å²) in [5.74, 6) is 1.18. The molecule has 3 N–H and O–H groups in total. The quantitative estimate of drug-likeness (QED) is 0.294. The number of methoxy groups -OCH3 is 2. The molecule has 10 heteroatoms. The molecule has 0 saturated carbocycles. The number of H-pyrrole nitrogens is 1. The summed E-state index contributed by atoms with van der Waals surface area (Å²) in [7, 11) is 3.15. The van der Waals surface area contributed by atoms with E-state index in [1.165, 1.54) is 11.8 Å². The summed E-state index contributed by atoms with van der Waals surface area (Å²) < 4.78 is 12.2. The number of ether oxygens (including phenoxy) is 2. The molecule has 9 nitrogen and oxygen atoms in total. The largest absolute Gasteiger partial charge is 0.497 e. The minimum Gasteiger partial charge on any atom is -0.497 e. The van der Waals surface area contributed by atoms with Gasteiger partial charge < -0.3 is 14.8 Å². The number of aromatic nitrogens is 4. The van der Waals surface area contributed by atoms with E-state index >= 15 is 0 Å². The molecule has 0 spiro atoms. The number of thioether (sulfide) groups is 1. The Labute approximate surface area is 188 Å². The Balaban J connectivity index is 1.66. The van der Waals surface area contributed by atoms with E-state index in [1.54, 1.807) is 30.9 Å². The Hall–Kier alpha value is -3.79. The van der Waals surface area contributed by atoms with Crippen LogP contribution in [0.25, 0.3) is 16.7 Å². The number of nitrogens with zero attached hydrogens (tertiary/aromatic N) is 3.